The second-order valence-corrected chi connectivity index (χ2v) is 8.00. The van der Waals surface area contributed by atoms with E-state index in [1.807, 2.05) is 24.3 Å². The van der Waals surface area contributed by atoms with Crippen molar-refractivity contribution in [1.29, 1.82) is 0 Å². The zero-order valence-electron chi connectivity index (χ0n) is 17.2. The van der Waals surface area contributed by atoms with E-state index in [2.05, 4.69) is 31.3 Å². The highest BCUT2D eigenvalue weighted by atomic mass is 16.4. The molecule has 0 unspecified atom stereocenters. The Morgan fingerprint density at radius 3 is 2.47 bits per heavy atom. The molecule has 0 radical (unpaired) electrons. The maximum Gasteiger partial charge on any atom is 0.335 e. The van der Waals surface area contributed by atoms with E-state index >= 15 is 0 Å². The molecule has 1 heterocycles. The van der Waals surface area contributed by atoms with Crippen LogP contribution in [0.2, 0.25) is 0 Å². The summed E-state index contributed by atoms with van der Waals surface area (Å²) in [4.78, 5) is 23.2. The van der Waals surface area contributed by atoms with Crippen LogP contribution in [0, 0.1) is 0 Å². The normalized spacial score (nSPS) is 11.6. The van der Waals surface area contributed by atoms with Crippen molar-refractivity contribution in [3.63, 3.8) is 0 Å². The zero-order chi connectivity index (χ0) is 21.7. The molecule has 0 fully saturated rings. The van der Waals surface area contributed by atoms with Gasteiger partial charge in [0, 0.05) is 5.56 Å². The zero-order valence-corrected chi connectivity index (χ0v) is 17.2. The predicted molar refractivity (Wildman–Crippen MR) is 116 cm³/mol. The lowest BCUT2D eigenvalue weighted by Gasteiger charge is -2.19. The topological polar surface area (TPSA) is 91.9 Å². The summed E-state index contributed by atoms with van der Waals surface area (Å²) in [7, 11) is 0. The Bertz CT molecular complexity index is 1070. The summed E-state index contributed by atoms with van der Waals surface area (Å²) < 4.78 is 5.66. The van der Waals surface area contributed by atoms with Gasteiger partial charge >= 0.3 is 5.97 Å². The fourth-order valence-corrected chi connectivity index (χ4v) is 2.90. The van der Waals surface area contributed by atoms with Gasteiger partial charge in [-0.05, 0) is 40.8 Å². The molecule has 6 nitrogen and oxygen atoms in total. The first kappa shape index (κ1) is 21.0. The largest absolute Gasteiger partial charge is 0.478 e. The van der Waals surface area contributed by atoms with Gasteiger partial charge in [-0.2, -0.15) is 5.10 Å². The SMILES string of the molecule is CC(C)(C)c1ccc(CC(=O)N/N=C\c2ccc(-c3cccc(C(=O)O)c3)o2)cc1. The molecule has 0 aliphatic rings. The van der Waals surface area contributed by atoms with Crippen LogP contribution in [0.3, 0.4) is 0 Å². The monoisotopic (exact) mass is 404 g/mol. The number of carboxylic acids is 1. The maximum absolute atomic E-state index is 12.1. The molecule has 0 aliphatic carbocycles. The number of carboxylic acid groups (broad SMARTS) is 1. The molecule has 2 aromatic carbocycles. The Morgan fingerprint density at radius 2 is 1.80 bits per heavy atom. The van der Waals surface area contributed by atoms with Gasteiger partial charge in [-0.3, -0.25) is 4.79 Å². The van der Waals surface area contributed by atoms with Gasteiger partial charge in [-0.1, -0.05) is 57.2 Å². The van der Waals surface area contributed by atoms with Crippen molar-refractivity contribution in [3.8, 4) is 11.3 Å². The number of amides is 1. The molecule has 0 spiro atoms. The number of carbonyl (C=O) groups is 2. The molecule has 3 rings (SSSR count). The lowest BCUT2D eigenvalue weighted by Crippen LogP contribution is -2.20. The highest BCUT2D eigenvalue weighted by molar-refractivity contribution is 5.89. The number of rotatable bonds is 6. The third kappa shape index (κ3) is 5.44. The van der Waals surface area contributed by atoms with E-state index in [9.17, 15) is 9.59 Å². The van der Waals surface area contributed by atoms with Gasteiger partial charge < -0.3 is 9.52 Å². The van der Waals surface area contributed by atoms with Crippen molar-refractivity contribution in [3.05, 3.63) is 83.1 Å². The summed E-state index contributed by atoms with van der Waals surface area (Å²) >= 11 is 0. The number of hydrogen-bond acceptors (Lipinski definition) is 4. The molecule has 0 saturated carbocycles. The Morgan fingerprint density at radius 1 is 1.07 bits per heavy atom. The van der Waals surface area contributed by atoms with Crippen LogP contribution in [0.4, 0.5) is 0 Å². The number of nitrogens with one attached hydrogen (secondary N) is 1. The van der Waals surface area contributed by atoms with Crippen molar-refractivity contribution in [2.45, 2.75) is 32.6 Å². The molecule has 0 bridgehead atoms. The molecule has 2 N–H and O–H groups in total. The summed E-state index contributed by atoms with van der Waals surface area (Å²) in [5.74, 6) is -0.262. The van der Waals surface area contributed by atoms with Gasteiger partial charge in [0.15, 0.2) is 0 Å². The Hall–Kier alpha value is -3.67. The predicted octanol–water partition coefficient (Wildman–Crippen LogP) is 4.64. The number of hydrogen-bond donors (Lipinski definition) is 2. The van der Waals surface area contributed by atoms with Gasteiger partial charge in [0.05, 0.1) is 18.2 Å². The lowest BCUT2D eigenvalue weighted by atomic mass is 9.86. The van der Waals surface area contributed by atoms with Crippen LogP contribution >= 0.6 is 0 Å². The van der Waals surface area contributed by atoms with E-state index in [0.29, 0.717) is 17.1 Å². The molecule has 0 atom stereocenters. The standard InChI is InChI=1S/C24H24N2O4/c1-24(2,3)19-9-7-16(8-10-19)13-22(27)26-25-15-20-11-12-21(30-20)17-5-4-6-18(14-17)23(28)29/h4-12,14-15H,13H2,1-3H3,(H,26,27)(H,28,29)/b25-15-. The van der Waals surface area contributed by atoms with Crippen molar-refractivity contribution in [1.82, 2.24) is 5.43 Å². The minimum Gasteiger partial charge on any atom is -0.478 e. The van der Waals surface area contributed by atoms with Crippen LogP contribution in [0.15, 0.2) is 70.2 Å². The van der Waals surface area contributed by atoms with Gasteiger partial charge in [0.1, 0.15) is 11.5 Å². The van der Waals surface area contributed by atoms with E-state index in [0.717, 1.165) is 5.56 Å². The number of benzene rings is 2. The highest BCUT2D eigenvalue weighted by Gasteiger charge is 2.13. The summed E-state index contributed by atoms with van der Waals surface area (Å²) in [6, 6.07) is 17.9. The number of hydrazone groups is 1. The molecule has 6 heteroatoms. The quantitative estimate of drug-likeness (QED) is 0.463. The molecular formula is C24H24N2O4. The van der Waals surface area contributed by atoms with Gasteiger partial charge in [0.2, 0.25) is 5.91 Å². The van der Waals surface area contributed by atoms with Crippen molar-refractivity contribution >= 4 is 18.1 Å². The summed E-state index contributed by atoms with van der Waals surface area (Å²) in [5, 5.41) is 13.0. The smallest absolute Gasteiger partial charge is 0.335 e. The fraction of sp³-hybridized carbons (Fsp3) is 0.208. The Balaban J connectivity index is 1.57. The fourth-order valence-electron chi connectivity index (χ4n) is 2.90. The van der Waals surface area contributed by atoms with Crippen LogP contribution in [0.5, 0.6) is 0 Å². The lowest BCUT2D eigenvalue weighted by molar-refractivity contribution is -0.120. The maximum atomic E-state index is 12.1. The van der Waals surface area contributed by atoms with Crippen LogP contribution in [-0.4, -0.2) is 23.2 Å². The molecule has 30 heavy (non-hydrogen) atoms. The first-order valence-corrected chi connectivity index (χ1v) is 9.57. The summed E-state index contributed by atoms with van der Waals surface area (Å²) in [6.45, 7) is 6.44. The highest BCUT2D eigenvalue weighted by Crippen LogP contribution is 2.23. The summed E-state index contributed by atoms with van der Waals surface area (Å²) in [5.41, 5.74) is 5.52. The number of carbonyl (C=O) groups excluding carboxylic acids is 1. The molecule has 1 amide bonds. The minimum absolute atomic E-state index is 0.0713. The van der Waals surface area contributed by atoms with E-state index in [-0.39, 0.29) is 23.3 Å². The van der Waals surface area contributed by atoms with E-state index in [4.69, 9.17) is 9.52 Å². The van der Waals surface area contributed by atoms with Gasteiger partial charge in [-0.15, -0.1) is 0 Å². The number of aromatic carboxylic acids is 1. The third-order valence-corrected chi connectivity index (χ3v) is 4.59. The van der Waals surface area contributed by atoms with E-state index in [1.54, 1.807) is 24.3 Å². The average Bonchev–Trinajstić information content (AvgIpc) is 3.17. The molecule has 154 valence electrons. The second kappa shape index (κ2) is 8.78. The summed E-state index contributed by atoms with van der Waals surface area (Å²) in [6.07, 6.45) is 1.64. The molecule has 0 saturated heterocycles. The molecular weight excluding hydrogens is 380 g/mol. The van der Waals surface area contributed by atoms with Crippen LogP contribution in [0.25, 0.3) is 11.3 Å². The number of furan rings is 1. The van der Waals surface area contributed by atoms with Crippen LogP contribution < -0.4 is 5.43 Å². The Labute approximate surface area is 175 Å². The van der Waals surface area contributed by atoms with Crippen LogP contribution in [0.1, 0.15) is 48.0 Å². The van der Waals surface area contributed by atoms with Crippen LogP contribution in [-0.2, 0) is 16.6 Å². The van der Waals surface area contributed by atoms with Crippen molar-refractivity contribution in [2.24, 2.45) is 5.10 Å². The first-order valence-electron chi connectivity index (χ1n) is 9.57. The first-order chi connectivity index (χ1) is 14.2. The molecule has 3 aromatic rings. The molecule has 1 aromatic heterocycles. The average molecular weight is 404 g/mol. The minimum atomic E-state index is -0.999. The van der Waals surface area contributed by atoms with Crippen molar-refractivity contribution in [2.75, 3.05) is 0 Å². The van der Waals surface area contributed by atoms with E-state index in [1.165, 1.54) is 23.9 Å². The van der Waals surface area contributed by atoms with Gasteiger partial charge in [0.25, 0.3) is 0 Å². The Kier molecular flexibility index (Phi) is 6.16. The third-order valence-electron chi connectivity index (χ3n) is 4.59. The molecule has 0 aliphatic heterocycles. The van der Waals surface area contributed by atoms with E-state index < -0.39 is 5.97 Å². The second-order valence-electron chi connectivity index (χ2n) is 8.00. The number of nitrogens with zero attached hydrogens (tertiary/aromatic N) is 1. The van der Waals surface area contributed by atoms with Gasteiger partial charge in [-0.25, -0.2) is 10.2 Å². The van der Waals surface area contributed by atoms with Crippen molar-refractivity contribution < 1.29 is 19.1 Å².